The van der Waals surface area contributed by atoms with Crippen LogP contribution in [-0.2, 0) is 19.1 Å². The summed E-state index contributed by atoms with van der Waals surface area (Å²) in [5, 5.41) is 0. The third-order valence-electron chi connectivity index (χ3n) is 5.38. The molecule has 2 amide bonds. The van der Waals surface area contributed by atoms with Crippen LogP contribution in [0.2, 0.25) is 0 Å². The van der Waals surface area contributed by atoms with Crippen molar-refractivity contribution in [3.05, 3.63) is 0 Å². The lowest BCUT2D eigenvalue weighted by Crippen LogP contribution is -2.58. The number of carbonyl (C=O) groups is 2. The fourth-order valence-corrected chi connectivity index (χ4v) is 3.71. The monoisotopic (exact) mass is 361 g/mol. The molecule has 8 heteroatoms. The van der Waals surface area contributed by atoms with Crippen LogP contribution in [0.3, 0.4) is 0 Å². The third kappa shape index (κ3) is 3.85. The number of ether oxygens (including phenoxy) is 2. The average molecular weight is 362 g/mol. The number of nitrogens with two attached hydrogens (primary N) is 1. The van der Waals surface area contributed by atoms with Crippen molar-refractivity contribution in [1.29, 1.82) is 0 Å². The Balaban J connectivity index is 0.00000208. The van der Waals surface area contributed by atoms with Crippen LogP contribution in [0.1, 0.15) is 25.7 Å². The Morgan fingerprint density at radius 1 is 1.04 bits per heavy atom. The van der Waals surface area contributed by atoms with Gasteiger partial charge < -0.3 is 25.0 Å². The first kappa shape index (κ1) is 19.4. The molecule has 138 valence electrons. The minimum Gasteiger partial charge on any atom is -0.381 e. The number of hydrogen-bond donors (Lipinski definition) is 1. The highest BCUT2D eigenvalue weighted by Gasteiger charge is 2.42. The summed E-state index contributed by atoms with van der Waals surface area (Å²) < 4.78 is 10.8. The van der Waals surface area contributed by atoms with Crippen molar-refractivity contribution in [3.63, 3.8) is 0 Å². The Kier molecular flexibility index (Phi) is 6.86. The van der Waals surface area contributed by atoms with Gasteiger partial charge in [-0.3, -0.25) is 9.59 Å². The Hall–Kier alpha value is -0.890. The summed E-state index contributed by atoms with van der Waals surface area (Å²) in [6, 6.07) is 0. The first-order chi connectivity index (χ1) is 11.2. The van der Waals surface area contributed by atoms with Crippen molar-refractivity contribution in [3.8, 4) is 0 Å². The molecular weight excluding hydrogens is 334 g/mol. The van der Waals surface area contributed by atoms with Crippen LogP contribution in [0, 0.1) is 5.41 Å². The second-order valence-electron chi connectivity index (χ2n) is 6.72. The number of halogens is 1. The molecular formula is C16H28ClN3O4. The fraction of sp³-hybridized carbons (Fsp3) is 0.875. The molecule has 24 heavy (non-hydrogen) atoms. The summed E-state index contributed by atoms with van der Waals surface area (Å²) in [7, 11) is 0. The first-order valence-corrected chi connectivity index (χ1v) is 8.64. The van der Waals surface area contributed by atoms with E-state index in [0.29, 0.717) is 65.4 Å². The van der Waals surface area contributed by atoms with Crippen LogP contribution in [0.5, 0.6) is 0 Å². The van der Waals surface area contributed by atoms with Crippen LogP contribution < -0.4 is 5.73 Å². The van der Waals surface area contributed by atoms with Gasteiger partial charge in [0.25, 0.3) is 5.91 Å². The number of nitrogens with zero attached hydrogens (tertiary/aromatic N) is 2. The molecule has 2 N–H and O–H groups in total. The molecule has 1 atom stereocenters. The summed E-state index contributed by atoms with van der Waals surface area (Å²) in [5.41, 5.74) is 5.45. The van der Waals surface area contributed by atoms with E-state index in [2.05, 4.69) is 0 Å². The van der Waals surface area contributed by atoms with Crippen molar-refractivity contribution in [2.45, 2.75) is 31.8 Å². The van der Waals surface area contributed by atoms with E-state index in [1.807, 2.05) is 9.80 Å². The van der Waals surface area contributed by atoms with Gasteiger partial charge in [0.05, 0.1) is 5.41 Å². The van der Waals surface area contributed by atoms with Crippen LogP contribution in [0.15, 0.2) is 0 Å². The molecule has 0 radical (unpaired) electrons. The molecule has 3 heterocycles. The SMILES string of the molecule is Cl.NCC1(C(=O)N2CCN(C(=O)C3CCCO3)CC2)CCOCC1. The number of rotatable bonds is 3. The van der Waals surface area contributed by atoms with Gasteiger partial charge in [-0.2, -0.15) is 0 Å². The first-order valence-electron chi connectivity index (χ1n) is 8.64. The van der Waals surface area contributed by atoms with Crippen LogP contribution >= 0.6 is 12.4 Å². The number of amides is 2. The summed E-state index contributed by atoms with van der Waals surface area (Å²) in [5.74, 6) is 0.210. The van der Waals surface area contributed by atoms with Gasteiger partial charge in [0.15, 0.2) is 0 Å². The van der Waals surface area contributed by atoms with Gasteiger partial charge >= 0.3 is 0 Å². The topological polar surface area (TPSA) is 85.1 Å². The van der Waals surface area contributed by atoms with Gasteiger partial charge in [-0.15, -0.1) is 12.4 Å². The normalized spacial score (nSPS) is 26.8. The number of hydrogen-bond acceptors (Lipinski definition) is 5. The summed E-state index contributed by atoms with van der Waals surface area (Å²) >= 11 is 0. The minimum atomic E-state index is -0.473. The van der Waals surface area contributed by atoms with Gasteiger partial charge in [-0.1, -0.05) is 0 Å². The molecule has 0 spiro atoms. The van der Waals surface area contributed by atoms with E-state index in [0.717, 1.165) is 12.8 Å². The predicted molar refractivity (Wildman–Crippen MR) is 90.9 cm³/mol. The van der Waals surface area contributed by atoms with Gasteiger partial charge in [-0.05, 0) is 25.7 Å². The molecule has 7 nitrogen and oxygen atoms in total. The van der Waals surface area contributed by atoms with E-state index in [4.69, 9.17) is 15.2 Å². The van der Waals surface area contributed by atoms with Gasteiger partial charge in [0.1, 0.15) is 6.10 Å². The van der Waals surface area contributed by atoms with Gasteiger partial charge in [0, 0.05) is 52.5 Å². The van der Waals surface area contributed by atoms with Crippen molar-refractivity contribution in [2.24, 2.45) is 11.1 Å². The van der Waals surface area contributed by atoms with E-state index < -0.39 is 5.41 Å². The van der Waals surface area contributed by atoms with E-state index in [1.165, 1.54) is 0 Å². The fourth-order valence-electron chi connectivity index (χ4n) is 3.71. The smallest absolute Gasteiger partial charge is 0.251 e. The van der Waals surface area contributed by atoms with E-state index in [-0.39, 0.29) is 30.3 Å². The zero-order valence-electron chi connectivity index (χ0n) is 14.1. The second-order valence-corrected chi connectivity index (χ2v) is 6.72. The highest BCUT2D eigenvalue weighted by molar-refractivity contribution is 5.85. The summed E-state index contributed by atoms with van der Waals surface area (Å²) in [4.78, 5) is 29.0. The minimum absolute atomic E-state index is 0. The molecule has 0 saturated carbocycles. The lowest BCUT2D eigenvalue weighted by Gasteiger charge is -2.42. The maximum atomic E-state index is 12.9. The Labute approximate surface area is 149 Å². The van der Waals surface area contributed by atoms with Crippen molar-refractivity contribution in [1.82, 2.24) is 9.80 Å². The maximum Gasteiger partial charge on any atom is 0.251 e. The molecule has 3 aliphatic heterocycles. The number of carbonyl (C=O) groups excluding carboxylic acids is 2. The van der Waals surface area contributed by atoms with Crippen LogP contribution in [-0.4, -0.2) is 80.3 Å². The molecule has 3 saturated heterocycles. The molecule has 3 rings (SSSR count). The third-order valence-corrected chi connectivity index (χ3v) is 5.38. The standard InChI is InChI=1S/C16H27N3O4.ClH/c17-12-16(3-10-22-11-4-16)15(21)19-7-5-18(6-8-19)14(20)13-2-1-9-23-13;/h13H,1-12,17H2;1H. The molecule has 3 fully saturated rings. The zero-order chi connectivity index (χ0) is 16.3. The van der Waals surface area contributed by atoms with Crippen LogP contribution in [0.25, 0.3) is 0 Å². The van der Waals surface area contributed by atoms with Crippen molar-refractivity contribution >= 4 is 24.2 Å². The summed E-state index contributed by atoms with van der Waals surface area (Å²) in [6.45, 7) is 4.57. The predicted octanol–water partition coefficient (Wildman–Crippen LogP) is 0.0135. The van der Waals surface area contributed by atoms with Crippen molar-refractivity contribution < 1.29 is 19.1 Å². The van der Waals surface area contributed by atoms with Gasteiger partial charge in [0.2, 0.25) is 5.91 Å². The molecule has 1 unspecified atom stereocenters. The molecule has 0 bridgehead atoms. The number of piperazine rings is 1. The highest BCUT2D eigenvalue weighted by Crippen LogP contribution is 2.32. The molecule has 0 aromatic carbocycles. The molecule has 3 aliphatic rings. The van der Waals surface area contributed by atoms with Crippen molar-refractivity contribution in [2.75, 3.05) is 52.5 Å². The summed E-state index contributed by atoms with van der Waals surface area (Å²) in [6.07, 6.45) is 2.88. The van der Waals surface area contributed by atoms with E-state index >= 15 is 0 Å². The molecule has 0 aromatic rings. The Bertz CT molecular complexity index is 443. The zero-order valence-corrected chi connectivity index (χ0v) is 14.9. The van der Waals surface area contributed by atoms with Gasteiger partial charge in [-0.25, -0.2) is 0 Å². The average Bonchev–Trinajstić information content (AvgIpc) is 3.16. The molecule has 0 aromatic heterocycles. The largest absolute Gasteiger partial charge is 0.381 e. The van der Waals surface area contributed by atoms with E-state index in [9.17, 15) is 9.59 Å². The lowest BCUT2D eigenvalue weighted by molar-refractivity contribution is -0.153. The lowest BCUT2D eigenvalue weighted by atomic mass is 9.78. The molecule has 0 aliphatic carbocycles. The second kappa shape index (κ2) is 8.47. The maximum absolute atomic E-state index is 12.9. The van der Waals surface area contributed by atoms with Crippen LogP contribution in [0.4, 0.5) is 0 Å². The Morgan fingerprint density at radius 2 is 1.67 bits per heavy atom. The quantitative estimate of drug-likeness (QED) is 0.765. The highest BCUT2D eigenvalue weighted by atomic mass is 35.5. The Morgan fingerprint density at radius 3 is 2.21 bits per heavy atom. The van der Waals surface area contributed by atoms with E-state index in [1.54, 1.807) is 0 Å².